The number of benzene rings is 1. The first-order valence-corrected chi connectivity index (χ1v) is 9.48. The lowest BCUT2D eigenvalue weighted by Gasteiger charge is -2.31. The van der Waals surface area contributed by atoms with Crippen molar-refractivity contribution in [3.05, 3.63) is 35.9 Å². The highest BCUT2D eigenvalue weighted by atomic mass is 16.2. The highest BCUT2D eigenvalue weighted by Crippen LogP contribution is 2.35. The third kappa shape index (κ3) is 6.79. The van der Waals surface area contributed by atoms with Gasteiger partial charge in [-0.05, 0) is 52.0 Å². The van der Waals surface area contributed by atoms with Gasteiger partial charge in [0.15, 0.2) is 0 Å². The second-order valence-electron chi connectivity index (χ2n) is 8.52. The molecule has 0 aromatic heterocycles. The predicted molar refractivity (Wildman–Crippen MR) is 105 cm³/mol. The monoisotopic (exact) mass is 359 g/mol. The van der Waals surface area contributed by atoms with E-state index in [-0.39, 0.29) is 23.9 Å². The average molecular weight is 360 g/mol. The normalized spacial score (nSPS) is 15.6. The van der Waals surface area contributed by atoms with E-state index in [0.29, 0.717) is 18.5 Å². The first kappa shape index (κ1) is 20.4. The Labute approximate surface area is 157 Å². The molecule has 1 aliphatic rings. The van der Waals surface area contributed by atoms with Crippen LogP contribution in [0, 0.1) is 5.92 Å². The average Bonchev–Trinajstić information content (AvgIpc) is 3.37. The second kappa shape index (κ2) is 8.67. The first-order chi connectivity index (χ1) is 12.2. The summed E-state index contributed by atoms with van der Waals surface area (Å²) in [6, 6.07) is 10.6. The Morgan fingerprint density at radius 2 is 1.77 bits per heavy atom. The minimum absolute atomic E-state index is 0.0162. The van der Waals surface area contributed by atoms with E-state index in [1.165, 1.54) is 23.3 Å². The molecule has 1 fully saturated rings. The van der Waals surface area contributed by atoms with Crippen LogP contribution in [0.15, 0.2) is 30.3 Å². The van der Waals surface area contributed by atoms with Gasteiger partial charge in [0.25, 0.3) is 0 Å². The smallest absolute Gasteiger partial charge is 0.240 e. The minimum Gasteiger partial charge on any atom is -0.350 e. The summed E-state index contributed by atoms with van der Waals surface area (Å²) in [7, 11) is 1.70. The number of hydrogen-bond acceptors (Lipinski definition) is 3. The Morgan fingerprint density at radius 1 is 1.15 bits per heavy atom. The van der Waals surface area contributed by atoms with Gasteiger partial charge in [-0.25, -0.2) is 0 Å². The molecule has 0 saturated heterocycles. The van der Waals surface area contributed by atoms with Crippen molar-refractivity contribution in [3.63, 3.8) is 0 Å². The summed E-state index contributed by atoms with van der Waals surface area (Å²) in [6.45, 7) is 9.20. The van der Waals surface area contributed by atoms with Gasteiger partial charge in [0.05, 0.1) is 13.1 Å². The van der Waals surface area contributed by atoms with Crippen LogP contribution in [0.3, 0.4) is 0 Å². The van der Waals surface area contributed by atoms with Crippen molar-refractivity contribution >= 4 is 11.8 Å². The Morgan fingerprint density at radius 3 is 2.31 bits per heavy atom. The van der Waals surface area contributed by atoms with Crippen LogP contribution in [0.2, 0.25) is 0 Å². The maximum absolute atomic E-state index is 12.7. The molecule has 2 amide bonds. The van der Waals surface area contributed by atoms with E-state index in [1.807, 2.05) is 39.0 Å². The van der Waals surface area contributed by atoms with Crippen LogP contribution in [0.25, 0.3) is 0 Å². The van der Waals surface area contributed by atoms with Crippen LogP contribution in [-0.4, -0.2) is 53.3 Å². The minimum atomic E-state index is -0.291. The van der Waals surface area contributed by atoms with Crippen molar-refractivity contribution in [1.82, 2.24) is 15.1 Å². The predicted octanol–water partition coefficient (Wildman–Crippen LogP) is 2.66. The fraction of sp³-hybridized carbons (Fsp3) is 0.619. The Balaban J connectivity index is 1.95. The lowest BCUT2D eigenvalue weighted by atomic mass is 10.1. The molecule has 1 aliphatic carbocycles. The fourth-order valence-electron chi connectivity index (χ4n) is 3.09. The van der Waals surface area contributed by atoms with Crippen molar-refractivity contribution in [1.29, 1.82) is 0 Å². The summed E-state index contributed by atoms with van der Waals surface area (Å²) < 4.78 is 0. The van der Waals surface area contributed by atoms with Gasteiger partial charge in [0, 0.05) is 25.2 Å². The van der Waals surface area contributed by atoms with E-state index in [0.717, 1.165) is 6.54 Å². The standard InChI is InChI=1S/C21H33N3O2/c1-16(18-11-12-18)24(13-17-9-7-6-8-10-17)15-20(26)23(5)14-19(25)22-21(2,3)4/h6-10,16,18H,11-15H2,1-5H3,(H,22,25). The molecule has 0 spiro atoms. The van der Waals surface area contributed by atoms with Gasteiger partial charge in [0.1, 0.15) is 0 Å². The largest absolute Gasteiger partial charge is 0.350 e. The summed E-state index contributed by atoms with van der Waals surface area (Å²) in [5.41, 5.74) is 0.918. The van der Waals surface area contributed by atoms with Gasteiger partial charge in [-0.15, -0.1) is 0 Å². The van der Waals surface area contributed by atoms with E-state index in [2.05, 4.69) is 29.3 Å². The van der Waals surface area contributed by atoms with E-state index >= 15 is 0 Å². The van der Waals surface area contributed by atoms with Crippen molar-refractivity contribution in [2.24, 2.45) is 5.92 Å². The molecule has 26 heavy (non-hydrogen) atoms. The summed E-state index contributed by atoms with van der Waals surface area (Å²) in [5.74, 6) is 0.539. The van der Waals surface area contributed by atoms with Crippen molar-refractivity contribution in [2.75, 3.05) is 20.1 Å². The number of nitrogens with one attached hydrogen (secondary N) is 1. The van der Waals surface area contributed by atoms with Gasteiger partial charge >= 0.3 is 0 Å². The number of carbonyl (C=O) groups is 2. The van der Waals surface area contributed by atoms with Gasteiger partial charge in [-0.1, -0.05) is 30.3 Å². The maximum atomic E-state index is 12.7. The molecule has 2 rings (SSSR count). The molecule has 0 heterocycles. The molecule has 0 bridgehead atoms. The molecule has 144 valence electrons. The molecule has 0 aliphatic heterocycles. The van der Waals surface area contributed by atoms with Crippen molar-refractivity contribution < 1.29 is 9.59 Å². The molecule has 5 nitrogen and oxygen atoms in total. The van der Waals surface area contributed by atoms with Crippen LogP contribution >= 0.6 is 0 Å². The number of carbonyl (C=O) groups excluding carboxylic acids is 2. The number of nitrogens with zero attached hydrogens (tertiary/aromatic N) is 2. The SMILES string of the molecule is CC(C1CC1)N(CC(=O)N(C)CC(=O)NC(C)(C)C)Cc1ccccc1. The summed E-state index contributed by atoms with van der Waals surface area (Å²) in [6.07, 6.45) is 2.48. The Kier molecular flexibility index (Phi) is 6.81. The van der Waals surface area contributed by atoms with E-state index in [9.17, 15) is 9.59 Å². The number of rotatable bonds is 8. The van der Waals surface area contributed by atoms with E-state index in [1.54, 1.807) is 7.05 Å². The highest BCUT2D eigenvalue weighted by Gasteiger charge is 2.33. The summed E-state index contributed by atoms with van der Waals surface area (Å²) in [5, 5.41) is 2.90. The summed E-state index contributed by atoms with van der Waals surface area (Å²) >= 11 is 0. The van der Waals surface area contributed by atoms with Crippen LogP contribution in [0.4, 0.5) is 0 Å². The second-order valence-corrected chi connectivity index (χ2v) is 8.52. The third-order valence-corrected chi connectivity index (χ3v) is 4.77. The summed E-state index contributed by atoms with van der Waals surface area (Å²) in [4.78, 5) is 28.6. The van der Waals surface area contributed by atoms with Crippen molar-refractivity contribution in [2.45, 2.75) is 58.7 Å². The van der Waals surface area contributed by atoms with Crippen LogP contribution in [0.1, 0.15) is 46.1 Å². The zero-order valence-corrected chi connectivity index (χ0v) is 16.8. The van der Waals surface area contributed by atoms with Crippen molar-refractivity contribution in [3.8, 4) is 0 Å². The Hall–Kier alpha value is -1.88. The quantitative estimate of drug-likeness (QED) is 0.776. The third-order valence-electron chi connectivity index (χ3n) is 4.77. The van der Waals surface area contributed by atoms with Crippen LogP contribution < -0.4 is 5.32 Å². The lowest BCUT2D eigenvalue weighted by molar-refractivity contribution is -0.136. The molecular weight excluding hydrogens is 326 g/mol. The molecule has 5 heteroatoms. The molecular formula is C21H33N3O2. The van der Waals surface area contributed by atoms with Crippen LogP contribution in [-0.2, 0) is 16.1 Å². The number of amides is 2. The van der Waals surface area contributed by atoms with E-state index < -0.39 is 0 Å². The zero-order valence-electron chi connectivity index (χ0n) is 16.8. The van der Waals surface area contributed by atoms with E-state index in [4.69, 9.17) is 0 Å². The van der Waals surface area contributed by atoms with Gasteiger partial charge < -0.3 is 10.2 Å². The molecule has 0 radical (unpaired) electrons. The molecule has 1 unspecified atom stereocenters. The highest BCUT2D eigenvalue weighted by molar-refractivity contribution is 5.85. The van der Waals surface area contributed by atoms with Gasteiger partial charge in [-0.3, -0.25) is 14.5 Å². The van der Waals surface area contributed by atoms with Crippen LogP contribution in [0.5, 0.6) is 0 Å². The topological polar surface area (TPSA) is 52.7 Å². The Bertz CT molecular complexity index is 605. The number of hydrogen-bond donors (Lipinski definition) is 1. The molecule has 1 atom stereocenters. The molecule has 1 aromatic rings. The maximum Gasteiger partial charge on any atom is 0.240 e. The molecule has 1 saturated carbocycles. The molecule has 1 aromatic carbocycles. The number of likely N-dealkylation sites (N-methyl/N-ethyl adjacent to an activating group) is 1. The lowest BCUT2D eigenvalue weighted by Crippen LogP contribution is -2.48. The fourth-order valence-corrected chi connectivity index (χ4v) is 3.09. The van der Waals surface area contributed by atoms with Gasteiger partial charge in [0.2, 0.25) is 11.8 Å². The first-order valence-electron chi connectivity index (χ1n) is 9.48. The zero-order chi connectivity index (χ0) is 19.3. The van der Waals surface area contributed by atoms with Gasteiger partial charge in [-0.2, -0.15) is 0 Å². The molecule has 1 N–H and O–H groups in total.